The largest absolute Gasteiger partial charge is 0.492 e. The zero-order chi connectivity index (χ0) is 21.7. The molecule has 1 aliphatic rings. The number of nitrogens with zero attached hydrogens (tertiary/aromatic N) is 3. The van der Waals surface area contributed by atoms with E-state index < -0.39 is 10.0 Å². The normalized spacial score (nSPS) is 15.4. The number of likely N-dealkylation sites (N-methyl/N-ethyl adjacent to an activating group) is 1. The number of rotatable bonds is 7. The van der Waals surface area contributed by atoms with E-state index in [1.165, 1.54) is 16.4 Å². The maximum atomic E-state index is 12.8. The third kappa shape index (κ3) is 5.51. The third-order valence-electron chi connectivity index (χ3n) is 4.89. The van der Waals surface area contributed by atoms with Crippen molar-refractivity contribution in [3.8, 4) is 5.75 Å². The average molecular weight is 452 g/mol. The highest BCUT2D eigenvalue weighted by molar-refractivity contribution is 7.89. The first-order valence-corrected chi connectivity index (χ1v) is 11.5. The van der Waals surface area contributed by atoms with Gasteiger partial charge in [0.25, 0.3) is 5.91 Å². The third-order valence-corrected chi connectivity index (χ3v) is 7.05. The van der Waals surface area contributed by atoms with E-state index in [0.29, 0.717) is 36.0 Å². The van der Waals surface area contributed by atoms with Crippen LogP contribution in [-0.4, -0.2) is 81.9 Å². The highest BCUT2D eigenvalue weighted by Gasteiger charge is 2.30. The van der Waals surface area contributed by atoms with Crippen LogP contribution in [0.25, 0.3) is 0 Å². The molecule has 0 aliphatic carbocycles. The van der Waals surface area contributed by atoms with Crippen LogP contribution in [0.2, 0.25) is 5.02 Å². The van der Waals surface area contributed by atoms with Crippen molar-refractivity contribution < 1.29 is 17.9 Å². The lowest BCUT2D eigenvalue weighted by atomic mass is 10.2. The average Bonchev–Trinajstić information content (AvgIpc) is 2.74. The molecule has 0 unspecified atom stereocenters. The van der Waals surface area contributed by atoms with Gasteiger partial charge < -0.3 is 14.5 Å². The van der Waals surface area contributed by atoms with Gasteiger partial charge in [0.15, 0.2) is 0 Å². The van der Waals surface area contributed by atoms with E-state index >= 15 is 0 Å². The van der Waals surface area contributed by atoms with Crippen molar-refractivity contribution in [1.29, 1.82) is 0 Å². The minimum atomic E-state index is -3.60. The van der Waals surface area contributed by atoms with Gasteiger partial charge in [-0.1, -0.05) is 11.6 Å². The zero-order valence-corrected chi connectivity index (χ0v) is 18.7. The molecular weight excluding hydrogens is 426 g/mol. The lowest BCUT2D eigenvalue weighted by Gasteiger charge is -2.34. The summed E-state index contributed by atoms with van der Waals surface area (Å²) in [4.78, 5) is 16.7. The van der Waals surface area contributed by atoms with Crippen molar-refractivity contribution in [2.24, 2.45) is 0 Å². The van der Waals surface area contributed by atoms with Gasteiger partial charge in [0, 0.05) is 43.3 Å². The molecule has 1 heterocycles. The number of ether oxygens (including phenoxy) is 1. The minimum Gasteiger partial charge on any atom is -0.492 e. The Kier molecular flexibility index (Phi) is 7.36. The van der Waals surface area contributed by atoms with Gasteiger partial charge in [-0.05, 0) is 62.6 Å². The van der Waals surface area contributed by atoms with Crippen molar-refractivity contribution >= 4 is 27.5 Å². The van der Waals surface area contributed by atoms with E-state index in [1.54, 1.807) is 41.3 Å². The molecule has 1 aliphatic heterocycles. The summed E-state index contributed by atoms with van der Waals surface area (Å²) < 4.78 is 32.6. The molecule has 0 aromatic heterocycles. The molecule has 0 atom stereocenters. The Labute approximate surface area is 182 Å². The Bertz CT molecular complexity index is 955. The first-order chi connectivity index (χ1) is 14.3. The fourth-order valence-corrected chi connectivity index (χ4v) is 4.66. The number of benzene rings is 2. The number of halogens is 1. The van der Waals surface area contributed by atoms with Gasteiger partial charge in [0.1, 0.15) is 12.4 Å². The maximum absolute atomic E-state index is 12.8. The lowest BCUT2D eigenvalue weighted by Crippen LogP contribution is -2.50. The molecule has 162 valence electrons. The first-order valence-electron chi connectivity index (χ1n) is 9.70. The molecule has 0 saturated carbocycles. The van der Waals surface area contributed by atoms with E-state index in [1.807, 2.05) is 19.0 Å². The molecule has 9 heteroatoms. The van der Waals surface area contributed by atoms with Gasteiger partial charge in [-0.2, -0.15) is 4.31 Å². The number of hydrogen-bond donors (Lipinski definition) is 0. The highest BCUT2D eigenvalue weighted by atomic mass is 35.5. The second-order valence-electron chi connectivity index (χ2n) is 7.33. The molecule has 3 rings (SSSR count). The van der Waals surface area contributed by atoms with Crippen LogP contribution in [0.15, 0.2) is 53.4 Å². The number of amides is 1. The fourth-order valence-electron chi connectivity index (χ4n) is 3.11. The van der Waals surface area contributed by atoms with Gasteiger partial charge in [-0.25, -0.2) is 8.42 Å². The summed E-state index contributed by atoms with van der Waals surface area (Å²) in [5.74, 6) is 0.602. The van der Waals surface area contributed by atoms with Crippen LogP contribution in [0, 0.1) is 0 Å². The Morgan fingerprint density at radius 3 is 2.17 bits per heavy atom. The van der Waals surface area contributed by atoms with Crippen LogP contribution >= 0.6 is 11.6 Å². The van der Waals surface area contributed by atoms with Gasteiger partial charge in [-0.15, -0.1) is 0 Å². The molecule has 0 spiro atoms. The van der Waals surface area contributed by atoms with Crippen LogP contribution in [0.4, 0.5) is 0 Å². The number of piperazine rings is 1. The van der Waals surface area contributed by atoms with E-state index in [-0.39, 0.29) is 23.9 Å². The summed E-state index contributed by atoms with van der Waals surface area (Å²) in [5, 5.41) is 0.485. The molecule has 0 N–H and O–H groups in total. The predicted molar refractivity (Wildman–Crippen MR) is 117 cm³/mol. The van der Waals surface area contributed by atoms with Crippen molar-refractivity contribution in [1.82, 2.24) is 14.1 Å². The molecule has 0 bridgehead atoms. The van der Waals surface area contributed by atoms with Crippen LogP contribution in [0.1, 0.15) is 10.4 Å². The Morgan fingerprint density at radius 2 is 1.60 bits per heavy atom. The quantitative estimate of drug-likeness (QED) is 0.646. The monoisotopic (exact) mass is 451 g/mol. The predicted octanol–water partition coefficient (Wildman–Crippen LogP) is 2.43. The maximum Gasteiger partial charge on any atom is 0.253 e. The fraction of sp³-hybridized carbons (Fsp3) is 0.381. The molecule has 2 aromatic carbocycles. The number of sulfonamides is 1. The summed E-state index contributed by atoms with van der Waals surface area (Å²) in [6, 6.07) is 13.2. The second-order valence-corrected chi connectivity index (χ2v) is 9.70. The molecule has 7 nitrogen and oxygen atoms in total. The van der Waals surface area contributed by atoms with Crippen molar-refractivity contribution in [2.75, 3.05) is 53.4 Å². The van der Waals surface area contributed by atoms with E-state index in [2.05, 4.69) is 0 Å². The summed E-state index contributed by atoms with van der Waals surface area (Å²) in [5.41, 5.74) is 0.559. The van der Waals surface area contributed by atoms with Crippen LogP contribution < -0.4 is 4.74 Å². The number of carbonyl (C=O) groups is 1. The summed E-state index contributed by atoms with van der Waals surface area (Å²) in [6.07, 6.45) is 0. The molecule has 30 heavy (non-hydrogen) atoms. The molecule has 0 radical (unpaired) electrons. The Hall–Kier alpha value is -2.13. The van der Waals surface area contributed by atoms with Crippen molar-refractivity contribution in [3.05, 3.63) is 59.1 Å². The molecular formula is C21H26ClN3O4S. The molecule has 1 saturated heterocycles. The van der Waals surface area contributed by atoms with Gasteiger partial charge in [0.05, 0.1) is 4.90 Å². The van der Waals surface area contributed by atoms with Crippen molar-refractivity contribution in [3.63, 3.8) is 0 Å². The lowest BCUT2D eigenvalue weighted by molar-refractivity contribution is 0.0698. The molecule has 1 amide bonds. The van der Waals surface area contributed by atoms with E-state index in [0.717, 1.165) is 6.54 Å². The minimum absolute atomic E-state index is 0.113. The Morgan fingerprint density at radius 1 is 1.00 bits per heavy atom. The van der Waals surface area contributed by atoms with E-state index in [9.17, 15) is 13.2 Å². The first kappa shape index (κ1) is 22.6. The number of hydrogen-bond acceptors (Lipinski definition) is 5. The van der Waals surface area contributed by atoms with Gasteiger partial charge >= 0.3 is 0 Å². The zero-order valence-electron chi connectivity index (χ0n) is 17.1. The topological polar surface area (TPSA) is 70.2 Å². The van der Waals surface area contributed by atoms with Crippen LogP contribution in [0.5, 0.6) is 5.75 Å². The summed E-state index contributed by atoms with van der Waals surface area (Å²) in [6.45, 7) is 2.57. The van der Waals surface area contributed by atoms with Crippen LogP contribution in [0.3, 0.4) is 0 Å². The molecule has 2 aromatic rings. The Balaban J connectivity index is 1.56. The van der Waals surface area contributed by atoms with Gasteiger partial charge in [-0.3, -0.25) is 4.79 Å². The second kappa shape index (κ2) is 9.78. The summed E-state index contributed by atoms with van der Waals surface area (Å²) >= 11 is 5.84. The number of carbonyl (C=O) groups excluding carboxylic acids is 1. The van der Waals surface area contributed by atoms with Crippen LogP contribution in [-0.2, 0) is 10.0 Å². The SMILES string of the molecule is CN(C)CCOc1ccc(C(=O)N2CCN(S(=O)(=O)c3ccc(Cl)cc3)CC2)cc1. The van der Waals surface area contributed by atoms with E-state index in [4.69, 9.17) is 16.3 Å². The molecule has 1 fully saturated rings. The summed E-state index contributed by atoms with van der Waals surface area (Å²) in [7, 11) is 0.359. The standard InChI is InChI=1S/C21H26ClN3O4S/c1-23(2)15-16-29-19-7-3-17(4-8-19)21(26)24-11-13-25(14-12-24)30(27,28)20-9-5-18(22)6-10-20/h3-10H,11-16H2,1-2H3. The van der Waals surface area contributed by atoms with Crippen molar-refractivity contribution in [2.45, 2.75) is 4.90 Å². The van der Waals surface area contributed by atoms with Gasteiger partial charge in [0.2, 0.25) is 10.0 Å². The smallest absolute Gasteiger partial charge is 0.253 e. The highest BCUT2D eigenvalue weighted by Crippen LogP contribution is 2.21.